The number of alkyl carbamates (subject to hydrolysis) is 1. The number of carbonyl (C=O) groups excluding carboxylic acids is 2. The second-order valence-corrected chi connectivity index (χ2v) is 12.0. The summed E-state index contributed by atoms with van der Waals surface area (Å²) in [6, 6.07) is 22.1. The molecule has 3 N–H and O–H groups in total. The molecule has 1 aliphatic heterocycles. The number of ether oxygens (including phenoxy) is 3. The van der Waals surface area contributed by atoms with Gasteiger partial charge in [-0.2, -0.15) is 5.26 Å². The number of esters is 1. The van der Waals surface area contributed by atoms with Crippen molar-refractivity contribution in [2.24, 2.45) is 0 Å². The van der Waals surface area contributed by atoms with E-state index in [4.69, 9.17) is 14.2 Å². The van der Waals surface area contributed by atoms with Gasteiger partial charge in [-0.3, -0.25) is 0 Å². The van der Waals surface area contributed by atoms with Crippen molar-refractivity contribution in [3.63, 3.8) is 0 Å². The Morgan fingerprint density at radius 2 is 1.76 bits per heavy atom. The Hall–Kier alpha value is -5.01. The summed E-state index contributed by atoms with van der Waals surface area (Å²) in [7, 11) is 1.32. The van der Waals surface area contributed by atoms with Crippen LogP contribution in [0.1, 0.15) is 36.7 Å². The van der Waals surface area contributed by atoms with Crippen LogP contribution in [-0.2, 0) is 20.6 Å². The predicted octanol–water partition coefficient (Wildman–Crippen LogP) is 5.90. The number of benzene rings is 3. The van der Waals surface area contributed by atoms with Gasteiger partial charge in [0.15, 0.2) is 0 Å². The first kappa shape index (κ1) is 31.4. The molecule has 0 saturated carbocycles. The van der Waals surface area contributed by atoms with Crippen LogP contribution in [0, 0.1) is 11.3 Å². The number of H-pyrrole nitrogens is 1. The molecule has 45 heavy (non-hydrogen) atoms. The Labute approximate surface area is 263 Å². The Bertz CT molecular complexity index is 1680. The van der Waals surface area contributed by atoms with Crippen molar-refractivity contribution in [1.82, 2.24) is 10.3 Å². The number of aromatic amines is 1. The highest BCUT2D eigenvalue weighted by atomic mass is 16.6. The lowest BCUT2D eigenvalue weighted by Gasteiger charge is -2.29. The van der Waals surface area contributed by atoms with E-state index in [1.807, 2.05) is 48.7 Å². The van der Waals surface area contributed by atoms with E-state index in [1.54, 1.807) is 32.9 Å². The van der Waals surface area contributed by atoms with Gasteiger partial charge < -0.3 is 34.7 Å². The number of para-hydroxylation sites is 1. The molecule has 1 fully saturated rings. The fourth-order valence-corrected chi connectivity index (χ4v) is 5.45. The van der Waals surface area contributed by atoms with Gasteiger partial charge in [0.1, 0.15) is 11.6 Å². The minimum atomic E-state index is -0.923. The topological polar surface area (TPSA) is 129 Å². The summed E-state index contributed by atoms with van der Waals surface area (Å²) in [4.78, 5) is 31.4. The molecule has 234 valence electrons. The maximum atomic E-state index is 13.0. The zero-order chi connectivity index (χ0) is 32.0. The fraction of sp³-hybridized carbons (Fsp3) is 0.343. The molecule has 2 unspecified atom stereocenters. The number of rotatable bonds is 9. The van der Waals surface area contributed by atoms with Gasteiger partial charge in [0.25, 0.3) is 0 Å². The molecule has 5 rings (SSSR count). The summed E-state index contributed by atoms with van der Waals surface area (Å²) in [6.45, 7) is 8.44. The smallest absolute Gasteiger partial charge is 0.407 e. The number of methoxy groups -OCH3 is 1. The lowest BCUT2D eigenvalue weighted by molar-refractivity contribution is 0.0501. The number of fused-ring (bicyclic) bond motifs is 1. The number of morpholine rings is 1. The highest BCUT2D eigenvalue weighted by molar-refractivity contribution is 5.97. The number of anilines is 2. The summed E-state index contributed by atoms with van der Waals surface area (Å²) >= 11 is 0. The third-order valence-corrected chi connectivity index (χ3v) is 7.67. The van der Waals surface area contributed by atoms with Gasteiger partial charge in [-0.05, 0) is 74.2 Å². The maximum absolute atomic E-state index is 13.0. The van der Waals surface area contributed by atoms with Gasteiger partial charge in [-0.25, -0.2) is 9.59 Å². The van der Waals surface area contributed by atoms with E-state index in [2.05, 4.69) is 38.7 Å². The van der Waals surface area contributed by atoms with E-state index in [0.717, 1.165) is 46.4 Å². The number of hydrogen-bond donors (Lipinski definition) is 3. The van der Waals surface area contributed by atoms with E-state index in [0.29, 0.717) is 25.3 Å². The number of nitrogens with zero attached hydrogens (tertiary/aromatic N) is 2. The van der Waals surface area contributed by atoms with Crippen LogP contribution >= 0.6 is 0 Å². The Kier molecular flexibility index (Phi) is 9.59. The van der Waals surface area contributed by atoms with Crippen molar-refractivity contribution in [3.8, 4) is 17.2 Å². The van der Waals surface area contributed by atoms with Crippen molar-refractivity contribution in [2.45, 2.75) is 44.9 Å². The first-order valence-corrected chi connectivity index (χ1v) is 15.0. The molecule has 0 radical (unpaired) electrons. The van der Waals surface area contributed by atoms with Gasteiger partial charge >= 0.3 is 12.1 Å². The average Bonchev–Trinajstić information content (AvgIpc) is 3.45. The van der Waals surface area contributed by atoms with Crippen LogP contribution in [0.2, 0.25) is 0 Å². The zero-order valence-electron chi connectivity index (χ0n) is 26.1. The first-order valence-electron chi connectivity index (χ1n) is 15.0. The average molecular weight is 610 g/mol. The van der Waals surface area contributed by atoms with E-state index < -0.39 is 29.7 Å². The maximum Gasteiger partial charge on any atom is 0.407 e. The van der Waals surface area contributed by atoms with Crippen molar-refractivity contribution in [3.05, 3.63) is 84.1 Å². The molecular weight excluding hydrogens is 570 g/mol. The standard InChI is InChI=1S/C35H39N5O5/c1-35(2,3)45-34(42)39-31(20-25-22-37-29-8-6-5-7-27(25)29)32(21-36)38-30-14-11-24(19-28(30)33(41)43-4)23-9-12-26(13-10-23)40-15-17-44-18-16-40/h5-14,19,22,31-32,37-38H,15-18,20H2,1-4H3,(H,39,42). The number of nitrogens with one attached hydrogen (secondary N) is 3. The molecule has 2 heterocycles. The zero-order valence-corrected chi connectivity index (χ0v) is 26.1. The molecule has 1 saturated heterocycles. The molecule has 1 aliphatic rings. The Morgan fingerprint density at radius 1 is 1.04 bits per heavy atom. The quantitative estimate of drug-likeness (QED) is 0.200. The largest absolute Gasteiger partial charge is 0.465 e. The van der Waals surface area contributed by atoms with E-state index >= 15 is 0 Å². The van der Waals surface area contributed by atoms with Crippen LogP contribution < -0.4 is 15.5 Å². The molecule has 0 aliphatic carbocycles. The molecule has 2 atom stereocenters. The number of nitriles is 1. The molecule has 0 spiro atoms. The molecule has 10 heteroatoms. The summed E-state index contributed by atoms with van der Waals surface area (Å²) in [5.74, 6) is -0.547. The SMILES string of the molecule is COC(=O)c1cc(-c2ccc(N3CCOCC3)cc2)ccc1NC(C#N)C(Cc1c[nH]c2ccccc12)NC(=O)OC(C)(C)C. The van der Waals surface area contributed by atoms with Gasteiger partial charge in [-0.15, -0.1) is 0 Å². The minimum Gasteiger partial charge on any atom is -0.465 e. The molecule has 10 nitrogen and oxygen atoms in total. The van der Waals surface area contributed by atoms with E-state index in [1.165, 1.54) is 7.11 Å². The van der Waals surface area contributed by atoms with E-state index in [-0.39, 0.29) is 5.56 Å². The number of hydrogen-bond acceptors (Lipinski definition) is 8. The van der Waals surface area contributed by atoms with Crippen LogP contribution in [0.25, 0.3) is 22.0 Å². The highest BCUT2D eigenvalue weighted by Gasteiger charge is 2.29. The Morgan fingerprint density at radius 3 is 2.44 bits per heavy atom. The van der Waals surface area contributed by atoms with Crippen molar-refractivity contribution in [1.29, 1.82) is 5.26 Å². The van der Waals surface area contributed by atoms with E-state index in [9.17, 15) is 14.9 Å². The second kappa shape index (κ2) is 13.7. The predicted molar refractivity (Wildman–Crippen MR) is 174 cm³/mol. The molecule has 3 aromatic carbocycles. The van der Waals surface area contributed by atoms with Gasteiger partial charge in [0, 0.05) is 41.6 Å². The fourth-order valence-electron chi connectivity index (χ4n) is 5.45. The first-order chi connectivity index (χ1) is 21.6. The van der Waals surface area contributed by atoms with Gasteiger partial charge in [0.2, 0.25) is 0 Å². The lowest BCUT2D eigenvalue weighted by atomic mass is 9.97. The van der Waals surface area contributed by atoms with Crippen molar-refractivity contribution < 1.29 is 23.8 Å². The van der Waals surface area contributed by atoms with Crippen molar-refractivity contribution in [2.75, 3.05) is 43.6 Å². The molecular formula is C35H39N5O5. The lowest BCUT2D eigenvalue weighted by Crippen LogP contribution is -2.49. The molecule has 0 bridgehead atoms. The summed E-state index contributed by atoms with van der Waals surface area (Å²) in [5, 5.41) is 17.5. The number of carbonyl (C=O) groups is 2. The molecule has 1 aromatic heterocycles. The van der Waals surface area contributed by atoms with Crippen LogP contribution in [-0.4, -0.2) is 68.1 Å². The molecule has 1 amide bonds. The van der Waals surface area contributed by atoms with Crippen LogP contribution in [0.5, 0.6) is 0 Å². The number of aromatic nitrogens is 1. The van der Waals surface area contributed by atoms with Crippen LogP contribution in [0.15, 0.2) is 72.9 Å². The third-order valence-electron chi connectivity index (χ3n) is 7.67. The normalized spacial score (nSPS) is 14.7. The van der Waals surface area contributed by atoms with Crippen molar-refractivity contribution >= 4 is 34.3 Å². The Balaban J connectivity index is 1.42. The third kappa shape index (κ3) is 7.75. The molecule has 4 aromatic rings. The van der Waals surface area contributed by atoms with Gasteiger partial charge in [-0.1, -0.05) is 36.4 Å². The van der Waals surface area contributed by atoms with Crippen LogP contribution in [0.3, 0.4) is 0 Å². The van der Waals surface area contributed by atoms with Crippen LogP contribution in [0.4, 0.5) is 16.2 Å². The van der Waals surface area contributed by atoms with Gasteiger partial charge in [0.05, 0.1) is 38.0 Å². The second-order valence-electron chi connectivity index (χ2n) is 12.0. The monoisotopic (exact) mass is 609 g/mol. The summed E-state index contributed by atoms with van der Waals surface area (Å²) in [5.41, 5.74) is 4.72. The summed E-state index contributed by atoms with van der Waals surface area (Å²) < 4.78 is 16.1. The highest BCUT2D eigenvalue weighted by Crippen LogP contribution is 2.29. The minimum absolute atomic E-state index is 0.274. The number of amides is 1. The summed E-state index contributed by atoms with van der Waals surface area (Å²) in [6.07, 6.45) is 1.57.